The first-order valence-corrected chi connectivity index (χ1v) is 11.1. The standard InChI is InChI=1S/C23H37N5O.HI/c1-4-24-23(25-15-18-9-11-19(12-10-18)16-27(2)3)26-21-13-14-28(17-21)22(29)20-7-5-6-8-20;/h9-12,20-21H,4-8,13-17H2,1-3H3,(H2,24,25,26);1H. The number of carbonyl (C=O) groups excluding carboxylic acids is 1. The lowest BCUT2D eigenvalue weighted by atomic mass is 10.1. The molecular formula is C23H38IN5O. The minimum absolute atomic E-state index is 0. The Morgan fingerprint density at radius 2 is 1.80 bits per heavy atom. The lowest BCUT2D eigenvalue weighted by Gasteiger charge is -2.21. The van der Waals surface area contributed by atoms with Crippen molar-refractivity contribution >= 4 is 35.8 Å². The molecule has 2 aliphatic rings. The van der Waals surface area contributed by atoms with Crippen molar-refractivity contribution in [3.8, 4) is 0 Å². The van der Waals surface area contributed by atoms with Crippen LogP contribution in [0.1, 0.15) is 50.2 Å². The van der Waals surface area contributed by atoms with Crippen LogP contribution in [0, 0.1) is 5.92 Å². The van der Waals surface area contributed by atoms with Gasteiger partial charge in [-0.2, -0.15) is 0 Å². The number of likely N-dealkylation sites (tertiary alicyclic amines) is 1. The molecule has 1 saturated carbocycles. The van der Waals surface area contributed by atoms with E-state index >= 15 is 0 Å². The molecule has 168 valence electrons. The molecular weight excluding hydrogens is 489 g/mol. The average molecular weight is 527 g/mol. The van der Waals surface area contributed by atoms with Gasteiger partial charge in [0.2, 0.25) is 5.91 Å². The minimum Gasteiger partial charge on any atom is -0.357 e. The van der Waals surface area contributed by atoms with Gasteiger partial charge in [0, 0.05) is 38.1 Å². The van der Waals surface area contributed by atoms with Gasteiger partial charge in [0.05, 0.1) is 6.54 Å². The van der Waals surface area contributed by atoms with Gasteiger partial charge in [0.1, 0.15) is 0 Å². The molecule has 1 atom stereocenters. The van der Waals surface area contributed by atoms with Crippen LogP contribution in [0.15, 0.2) is 29.3 Å². The Kier molecular flexibility index (Phi) is 10.4. The average Bonchev–Trinajstić information content (AvgIpc) is 3.39. The van der Waals surface area contributed by atoms with Gasteiger partial charge in [-0.3, -0.25) is 4.79 Å². The molecule has 1 aromatic rings. The number of rotatable bonds is 7. The summed E-state index contributed by atoms with van der Waals surface area (Å²) < 4.78 is 0. The van der Waals surface area contributed by atoms with E-state index in [1.165, 1.54) is 24.0 Å². The first kappa shape index (κ1) is 24.9. The van der Waals surface area contributed by atoms with E-state index in [0.29, 0.717) is 12.5 Å². The van der Waals surface area contributed by atoms with E-state index in [4.69, 9.17) is 4.99 Å². The number of carbonyl (C=O) groups is 1. The monoisotopic (exact) mass is 527 g/mol. The largest absolute Gasteiger partial charge is 0.357 e. The van der Waals surface area contributed by atoms with Crippen LogP contribution in [0.4, 0.5) is 0 Å². The van der Waals surface area contributed by atoms with Crippen LogP contribution in [0.3, 0.4) is 0 Å². The highest BCUT2D eigenvalue weighted by Gasteiger charge is 2.32. The molecule has 0 bridgehead atoms. The van der Waals surface area contributed by atoms with Crippen molar-refractivity contribution in [3.05, 3.63) is 35.4 Å². The number of guanidine groups is 1. The molecule has 0 spiro atoms. The highest BCUT2D eigenvalue weighted by atomic mass is 127. The number of halogens is 1. The number of hydrogen-bond donors (Lipinski definition) is 2. The number of amides is 1. The van der Waals surface area contributed by atoms with E-state index in [1.807, 2.05) is 0 Å². The Balaban J connectivity index is 0.00000320. The van der Waals surface area contributed by atoms with Crippen LogP contribution in [-0.2, 0) is 17.9 Å². The van der Waals surface area contributed by atoms with Crippen LogP contribution in [0.25, 0.3) is 0 Å². The van der Waals surface area contributed by atoms with Crippen molar-refractivity contribution in [2.75, 3.05) is 33.7 Å². The zero-order valence-electron chi connectivity index (χ0n) is 18.7. The number of aliphatic imine (C=N–C) groups is 1. The number of nitrogens with zero attached hydrogens (tertiary/aromatic N) is 3. The van der Waals surface area contributed by atoms with Gasteiger partial charge in [0.25, 0.3) is 0 Å². The molecule has 3 rings (SSSR count). The second-order valence-electron chi connectivity index (χ2n) is 8.65. The summed E-state index contributed by atoms with van der Waals surface area (Å²) in [4.78, 5) is 21.7. The van der Waals surface area contributed by atoms with Crippen LogP contribution >= 0.6 is 24.0 Å². The molecule has 30 heavy (non-hydrogen) atoms. The fourth-order valence-electron chi connectivity index (χ4n) is 4.31. The summed E-state index contributed by atoms with van der Waals surface area (Å²) in [5.74, 6) is 1.47. The predicted molar refractivity (Wildman–Crippen MR) is 134 cm³/mol. The lowest BCUT2D eigenvalue weighted by molar-refractivity contribution is -0.134. The third-order valence-corrected chi connectivity index (χ3v) is 5.83. The minimum atomic E-state index is 0. The fraction of sp³-hybridized carbons (Fsp3) is 0.652. The van der Waals surface area contributed by atoms with E-state index in [2.05, 4.69) is 65.7 Å². The summed E-state index contributed by atoms with van der Waals surface area (Å²) >= 11 is 0. The molecule has 0 radical (unpaired) electrons. The molecule has 1 aliphatic heterocycles. The van der Waals surface area contributed by atoms with Crippen LogP contribution in [-0.4, -0.2) is 61.4 Å². The summed E-state index contributed by atoms with van der Waals surface area (Å²) in [6, 6.07) is 8.94. The maximum atomic E-state index is 12.7. The maximum Gasteiger partial charge on any atom is 0.225 e. The molecule has 1 aromatic carbocycles. The Morgan fingerprint density at radius 1 is 1.13 bits per heavy atom. The van der Waals surface area contributed by atoms with Crippen molar-refractivity contribution in [2.45, 2.75) is 58.2 Å². The fourth-order valence-corrected chi connectivity index (χ4v) is 4.31. The molecule has 6 nitrogen and oxygen atoms in total. The topological polar surface area (TPSA) is 60.0 Å². The third kappa shape index (κ3) is 7.41. The van der Waals surface area contributed by atoms with E-state index in [9.17, 15) is 4.79 Å². The molecule has 0 aromatic heterocycles. The molecule has 1 saturated heterocycles. The highest BCUT2D eigenvalue weighted by molar-refractivity contribution is 14.0. The predicted octanol–water partition coefficient (Wildman–Crippen LogP) is 3.21. The SMILES string of the molecule is CCNC(=NCc1ccc(CN(C)C)cc1)NC1CCN(C(=O)C2CCCC2)C1.I. The second kappa shape index (κ2) is 12.5. The van der Waals surface area contributed by atoms with Gasteiger partial charge in [0.15, 0.2) is 5.96 Å². The summed E-state index contributed by atoms with van der Waals surface area (Å²) in [6.45, 7) is 6.15. The zero-order valence-corrected chi connectivity index (χ0v) is 21.0. The second-order valence-corrected chi connectivity index (χ2v) is 8.65. The van der Waals surface area contributed by atoms with Crippen LogP contribution in [0.2, 0.25) is 0 Å². The first-order valence-electron chi connectivity index (χ1n) is 11.1. The molecule has 7 heteroatoms. The van der Waals surface area contributed by atoms with Crippen LogP contribution in [0.5, 0.6) is 0 Å². The van der Waals surface area contributed by atoms with Crippen molar-refractivity contribution in [2.24, 2.45) is 10.9 Å². The number of nitrogens with one attached hydrogen (secondary N) is 2. The van der Waals surface area contributed by atoms with Crippen molar-refractivity contribution in [3.63, 3.8) is 0 Å². The molecule has 1 amide bonds. The van der Waals surface area contributed by atoms with Gasteiger partial charge >= 0.3 is 0 Å². The normalized spacial score (nSPS) is 19.8. The zero-order chi connectivity index (χ0) is 20.6. The quantitative estimate of drug-likeness (QED) is 0.325. The number of benzene rings is 1. The van der Waals surface area contributed by atoms with Gasteiger partial charge in [-0.05, 0) is 51.4 Å². The molecule has 1 heterocycles. The van der Waals surface area contributed by atoms with E-state index in [0.717, 1.165) is 51.4 Å². The Bertz CT molecular complexity index is 685. The summed E-state index contributed by atoms with van der Waals surface area (Å²) in [6.07, 6.45) is 5.55. The molecule has 1 unspecified atom stereocenters. The van der Waals surface area contributed by atoms with Gasteiger partial charge in [-0.15, -0.1) is 24.0 Å². The summed E-state index contributed by atoms with van der Waals surface area (Å²) in [5.41, 5.74) is 2.51. The van der Waals surface area contributed by atoms with Gasteiger partial charge in [-0.25, -0.2) is 4.99 Å². The molecule has 2 fully saturated rings. The van der Waals surface area contributed by atoms with Gasteiger partial charge in [-0.1, -0.05) is 37.1 Å². The maximum absolute atomic E-state index is 12.7. The first-order chi connectivity index (χ1) is 14.0. The Hall–Kier alpha value is -1.35. The number of hydrogen-bond acceptors (Lipinski definition) is 3. The van der Waals surface area contributed by atoms with Gasteiger partial charge < -0.3 is 20.4 Å². The van der Waals surface area contributed by atoms with E-state index in [-0.39, 0.29) is 35.9 Å². The molecule has 1 aliphatic carbocycles. The lowest BCUT2D eigenvalue weighted by Crippen LogP contribution is -2.45. The highest BCUT2D eigenvalue weighted by Crippen LogP contribution is 2.27. The van der Waals surface area contributed by atoms with Crippen LogP contribution < -0.4 is 10.6 Å². The van der Waals surface area contributed by atoms with E-state index < -0.39 is 0 Å². The molecule has 2 N–H and O–H groups in total. The van der Waals surface area contributed by atoms with Crippen molar-refractivity contribution in [1.82, 2.24) is 20.4 Å². The summed E-state index contributed by atoms with van der Waals surface area (Å²) in [5, 5.41) is 6.88. The smallest absolute Gasteiger partial charge is 0.225 e. The van der Waals surface area contributed by atoms with Crippen molar-refractivity contribution in [1.29, 1.82) is 0 Å². The van der Waals surface area contributed by atoms with E-state index in [1.54, 1.807) is 0 Å². The Labute approximate surface area is 198 Å². The third-order valence-electron chi connectivity index (χ3n) is 5.83. The van der Waals surface area contributed by atoms with Crippen molar-refractivity contribution < 1.29 is 4.79 Å². The Morgan fingerprint density at radius 3 is 2.43 bits per heavy atom. The summed E-state index contributed by atoms with van der Waals surface area (Å²) in [7, 11) is 4.16.